The molecular formula is C10H22N4. The maximum atomic E-state index is 5.27. The van der Waals surface area contributed by atoms with Gasteiger partial charge in [-0.15, -0.1) is 0 Å². The van der Waals surface area contributed by atoms with Crippen molar-refractivity contribution in [2.24, 2.45) is 28.3 Å². The Morgan fingerprint density at radius 2 is 1.86 bits per heavy atom. The molecule has 1 fully saturated rings. The van der Waals surface area contributed by atoms with Crippen molar-refractivity contribution in [2.45, 2.75) is 20.3 Å². The largest absolute Gasteiger partial charge is 0.370 e. The average molecular weight is 198 g/mol. The summed E-state index contributed by atoms with van der Waals surface area (Å²) in [6.07, 6.45) is 1.35. The van der Waals surface area contributed by atoms with Crippen LogP contribution in [-0.2, 0) is 0 Å². The minimum Gasteiger partial charge on any atom is -0.370 e. The lowest BCUT2D eigenvalue weighted by Crippen LogP contribution is -2.40. The van der Waals surface area contributed by atoms with Gasteiger partial charge in [-0.2, -0.15) is 0 Å². The second kappa shape index (κ2) is 5.20. The summed E-state index contributed by atoms with van der Waals surface area (Å²) in [4.78, 5) is 6.45. The van der Waals surface area contributed by atoms with Crippen molar-refractivity contribution in [1.82, 2.24) is 4.90 Å². The van der Waals surface area contributed by atoms with Crippen LogP contribution in [0.3, 0.4) is 0 Å². The highest BCUT2D eigenvalue weighted by atomic mass is 15.1. The molecule has 82 valence electrons. The average Bonchev–Trinajstić information content (AvgIpc) is 2.01. The zero-order chi connectivity index (χ0) is 10.6. The van der Waals surface area contributed by atoms with Crippen LogP contribution in [0.15, 0.2) is 4.99 Å². The number of piperidine rings is 1. The molecule has 0 aliphatic carbocycles. The summed E-state index contributed by atoms with van der Waals surface area (Å²) in [5.41, 5.74) is 10.5. The van der Waals surface area contributed by atoms with Gasteiger partial charge in [0.25, 0.3) is 0 Å². The number of hydrogen-bond donors (Lipinski definition) is 2. The number of guanidine groups is 1. The van der Waals surface area contributed by atoms with E-state index >= 15 is 0 Å². The first-order chi connectivity index (χ1) is 6.58. The van der Waals surface area contributed by atoms with E-state index < -0.39 is 0 Å². The summed E-state index contributed by atoms with van der Waals surface area (Å²) in [6.45, 7) is 8.69. The van der Waals surface area contributed by atoms with E-state index in [9.17, 15) is 0 Å². The van der Waals surface area contributed by atoms with Gasteiger partial charge < -0.3 is 16.4 Å². The van der Waals surface area contributed by atoms with Gasteiger partial charge >= 0.3 is 0 Å². The van der Waals surface area contributed by atoms with Crippen molar-refractivity contribution in [3.63, 3.8) is 0 Å². The van der Waals surface area contributed by atoms with Gasteiger partial charge in [-0.3, -0.25) is 4.99 Å². The van der Waals surface area contributed by atoms with Gasteiger partial charge in [0.05, 0.1) is 6.54 Å². The number of likely N-dealkylation sites (tertiary alicyclic amines) is 1. The highest BCUT2D eigenvalue weighted by molar-refractivity contribution is 5.75. The number of nitrogens with zero attached hydrogens (tertiary/aromatic N) is 2. The normalized spacial score (nSPS) is 28.7. The molecule has 4 heteroatoms. The van der Waals surface area contributed by atoms with Gasteiger partial charge in [-0.25, -0.2) is 0 Å². The van der Waals surface area contributed by atoms with E-state index in [4.69, 9.17) is 11.5 Å². The molecule has 1 aliphatic heterocycles. The fourth-order valence-corrected chi connectivity index (χ4v) is 2.30. The van der Waals surface area contributed by atoms with Gasteiger partial charge in [0.15, 0.2) is 5.96 Å². The molecule has 0 aromatic rings. The molecule has 0 saturated carbocycles. The van der Waals surface area contributed by atoms with E-state index in [1.807, 2.05) is 0 Å². The first-order valence-electron chi connectivity index (χ1n) is 5.35. The van der Waals surface area contributed by atoms with Gasteiger partial charge in [0.1, 0.15) is 0 Å². The molecule has 14 heavy (non-hydrogen) atoms. The SMILES string of the molecule is CC1CC(C)CN(CCN=C(N)N)C1. The minimum atomic E-state index is 0.197. The molecule has 0 amide bonds. The van der Waals surface area contributed by atoms with E-state index in [-0.39, 0.29) is 5.96 Å². The highest BCUT2D eigenvalue weighted by Gasteiger charge is 2.20. The van der Waals surface area contributed by atoms with Crippen LogP contribution in [0.1, 0.15) is 20.3 Å². The summed E-state index contributed by atoms with van der Waals surface area (Å²) < 4.78 is 0. The van der Waals surface area contributed by atoms with Gasteiger partial charge in [-0.05, 0) is 18.3 Å². The van der Waals surface area contributed by atoms with Gasteiger partial charge in [0, 0.05) is 19.6 Å². The van der Waals surface area contributed by atoms with Crippen LogP contribution in [0.25, 0.3) is 0 Å². The van der Waals surface area contributed by atoms with E-state index in [2.05, 4.69) is 23.7 Å². The second-order valence-electron chi connectivity index (χ2n) is 4.51. The zero-order valence-corrected chi connectivity index (χ0v) is 9.24. The summed E-state index contributed by atoms with van der Waals surface area (Å²) >= 11 is 0. The standard InChI is InChI=1S/C10H22N4/c1-8-5-9(2)7-14(6-8)4-3-13-10(11)12/h8-9H,3-7H2,1-2H3,(H4,11,12,13). The third kappa shape index (κ3) is 3.96. The summed E-state index contributed by atoms with van der Waals surface area (Å²) in [5, 5.41) is 0. The van der Waals surface area contributed by atoms with Crippen molar-refractivity contribution in [3.8, 4) is 0 Å². The van der Waals surface area contributed by atoms with Gasteiger partial charge in [0.2, 0.25) is 0 Å². The molecular weight excluding hydrogens is 176 g/mol. The Balaban J connectivity index is 2.27. The molecule has 1 rings (SSSR count). The van der Waals surface area contributed by atoms with Crippen molar-refractivity contribution in [3.05, 3.63) is 0 Å². The predicted octanol–water partition coefficient (Wildman–Crippen LogP) is 0.238. The topological polar surface area (TPSA) is 67.6 Å². The summed E-state index contributed by atoms with van der Waals surface area (Å²) in [6, 6.07) is 0. The first-order valence-corrected chi connectivity index (χ1v) is 5.35. The van der Waals surface area contributed by atoms with Crippen LogP contribution in [0.5, 0.6) is 0 Å². The smallest absolute Gasteiger partial charge is 0.185 e. The van der Waals surface area contributed by atoms with E-state index in [1.165, 1.54) is 19.5 Å². The van der Waals surface area contributed by atoms with Crippen molar-refractivity contribution in [1.29, 1.82) is 0 Å². The van der Waals surface area contributed by atoms with Crippen molar-refractivity contribution in [2.75, 3.05) is 26.2 Å². The zero-order valence-electron chi connectivity index (χ0n) is 9.24. The Kier molecular flexibility index (Phi) is 4.20. The molecule has 0 spiro atoms. The van der Waals surface area contributed by atoms with Crippen LogP contribution in [-0.4, -0.2) is 37.0 Å². The Labute approximate surface area is 86.4 Å². The lowest BCUT2D eigenvalue weighted by Gasteiger charge is -2.34. The van der Waals surface area contributed by atoms with Crippen LogP contribution in [0.4, 0.5) is 0 Å². The maximum Gasteiger partial charge on any atom is 0.185 e. The number of rotatable bonds is 3. The predicted molar refractivity (Wildman–Crippen MR) is 60.1 cm³/mol. The van der Waals surface area contributed by atoms with Crippen LogP contribution in [0, 0.1) is 11.8 Å². The van der Waals surface area contributed by atoms with E-state index in [0.29, 0.717) is 0 Å². The Hall–Kier alpha value is -0.770. The Morgan fingerprint density at radius 3 is 2.36 bits per heavy atom. The molecule has 0 radical (unpaired) electrons. The maximum absolute atomic E-state index is 5.27. The lowest BCUT2D eigenvalue weighted by atomic mass is 9.92. The third-order valence-corrected chi connectivity index (χ3v) is 2.66. The molecule has 2 unspecified atom stereocenters. The van der Waals surface area contributed by atoms with Crippen LogP contribution in [0.2, 0.25) is 0 Å². The fraction of sp³-hybridized carbons (Fsp3) is 0.900. The molecule has 0 bridgehead atoms. The number of aliphatic imine (C=N–C) groups is 1. The van der Waals surface area contributed by atoms with Crippen LogP contribution < -0.4 is 11.5 Å². The number of hydrogen-bond acceptors (Lipinski definition) is 2. The molecule has 1 heterocycles. The molecule has 1 saturated heterocycles. The van der Waals surface area contributed by atoms with Crippen molar-refractivity contribution < 1.29 is 0 Å². The van der Waals surface area contributed by atoms with Crippen LogP contribution >= 0.6 is 0 Å². The molecule has 0 aromatic heterocycles. The Bertz CT molecular complexity index is 188. The van der Waals surface area contributed by atoms with E-state index in [1.54, 1.807) is 0 Å². The van der Waals surface area contributed by atoms with Gasteiger partial charge in [-0.1, -0.05) is 13.8 Å². The van der Waals surface area contributed by atoms with Crippen molar-refractivity contribution >= 4 is 5.96 Å². The summed E-state index contributed by atoms with van der Waals surface area (Å²) in [7, 11) is 0. The molecule has 4 N–H and O–H groups in total. The minimum absolute atomic E-state index is 0.197. The molecule has 0 aromatic carbocycles. The monoisotopic (exact) mass is 198 g/mol. The third-order valence-electron chi connectivity index (χ3n) is 2.66. The first kappa shape index (κ1) is 11.3. The highest BCUT2D eigenvalue weighted by Crippen LogP contribution is 2.20. The lowest BCUT2D eigenvalue weighted by molar-refractivity contribution is 0.145. The summed E-state index contributed by atoms with van der Waals surface area (Å²) in [5.74, 6) is 1.80. The quantitative estimate of drug-likeness (QED) is 0.504. The second-order valence-corrected chi connectivity index (χ2v) is 4.51. The van der Waals surface area contributed by atoms with E-state index in [0.717, 1.165) is 24.9 Å². The molecule has 1 aliphatic rings. The molecule has 4 nitrogen and oxygen atoms in total. The Morgan fingerprint density at radius 1 is 1.29 bits per heavy atom. The number of nitrogens with two attached hydrogens (primary N) is 2. The fourth-order valence-electron chi connectivity index (χ4n) is 2.30. The molecule has 2 atom stereocenters.